The van der Waals surface area contributed by atoms with Crippen molar-refractivity contribution < 1.29 is 23.8 Å². The van der Waals surface area contributed by atoms with Gasteiger partial charge in [-0.15, -0.1) is 0 Å². The number of fused-ring (bicyclic) bond motifs is 2. The monoisotopic (exact) mass is 387 g/mol. The van der Waals surface area contributed by atoms with Gasteiger partial charge in [0.25, 0.3) is 0 Å². The zero-order valence-corrected chi connectivity index (χ0v) is 14.6. The predicted octanol–water partition coefficient (Wildman–Crippen LogP) is -0.384. The zero-order valence-electron chi connectivity index (χ0n) is 12.9. The summed E-state index contributed by atoms with van der Waals surface area (Å²) in [7, 11) is 3.68. The summed E-state index contributed by atoms with van der Waals surface area (Å²) >= 11 is 5.89. The molecule has 25 heavy (non-hydrogen) atoms. The molecule has 0 spiro atoms. The van der Waals surface area contributed by atoms with Crippen LogP contribution in [0.2, 0.25) is 5.28 Å². The molecule has 14 heteroatoms. The minimum Gasteiger partial charge on any atom is -0.385 e. The van der Waals surface area contributed by atoms with Gasteiger partial charge in [0.1, 0.15) is 18.8 Å². The van der Waals surface area contributed by atoms with Gasteiger partial charge >= 0.3 is 15.4 Å². The third kappa shape index (κ3) is 2.74. The average molecular weight is 388 g/mol. The van der Waals surface area contributed by atoms with Gasteiger partial charge < -0.3 is 20.9 Å². The Morgan fingerprint density at radius 1 is 1.44 bits per heavy atom. The van der Waals surface area contributed by atoms with Crippen LogP contribution in [0.4, 0.5) is 11.8 Å². The number of nitrogen functional groups attached to an aromatic ring is 1. The third-order valence-corrected chi connectivity index (χ3v) is 5.26. The molecule has 2 fully saturated rings. The molecule has 2 unspecified atom stereocenters. The van der Waals surface area contributed by atoms with E-state index in [4.69, 9.17) is 38.7 Å². The van der Waals surface area contributed by atoms with Crippen molar-refractivity contribution in [2.75, 3.05) is 24.7 Å². The first-order valence-electron chi connectivity index (χ1n) is 7.26. The number of halogens is 1. The first-order valence-corrected chi connectivity index (χ1v) is 9.28. The summed E-state index contributed by atoms with van der Waals surface area (Å²) in [4.78, 5) is 22.1. The van der Waals surface area contributed by atoms with Crippen LogP contribution in [0.25, 0.3) is 11.2 Å². The van der Waals surface area contributed by atoms with Crippen LogP contribution in [-0.2, 0) is 13.8 Å². The Kier molecular flexibility index (Phi) is 4.04. The van der Waals surface area contributed by atoms with E-state index in [2.05, 4.69) is 20.3 Å². The summed E-state index contributed by atoms with van der Waals surface area (Å²) in [6.07, 6.45) is -3.59. The fraction of sp³-hybridized carbons (Fsp3) is 0.545. The van der Waals surface area contributed by atoms with E-state index in [0.717, 1.165) is 0 Å². The number of hydrogen-bond acceptors (Lipinski definition) is 10. The van der Waals surface area contributed by atoms with Crippen LogP contribution in [0.15, 0.2) is 0 Å². The molecule has 2 aliphatic rings. The standard InChI is InChI=1S/C11H14BClN6O5P/c1-15-11-16-4-7(14)17-10(13)18-8(4)19(11)9-5(20)6-3(23-9)2-22-25(12,21)24-6/h3,5-6,9,20-21H,2H2,1H3,(H,15,16)(H2,14,17,18)/q+1/t3-,5?,6+,9-,25?/m1/s1. The number of nitrogens with one attached hydrogen (secondary N) is 1. The van der Waals surface area contributed by atoms with E-state index >= 15 is 0 Å². The van der Waals surface area contributed by atoms with Crippen LogP contribution < -0.4 is 11.1 Å². The second-order valence-electron chi connectivity index (χ2n) is 5.59. The summed E-state index contributed by atoms with van der Waals surface area (Å²) in [6.45, 7) is -0.0155. The summed E-state index contributed by atoms with van der Waals surface area (Å²) in [6, 6.07) is 0. The highest BCUT2D eigenvalue weighted by molar-refractivity contribution is 7.85. The van der Waals surface area contributed by atoms with Crippen LogP contribution >= 0.6 is 19.4 Å². The van der Waals surface area contributed by atoms with Gasteiger partial charge in [0, 0.05) is 7.05 Å². The van der Waals surface area contributed by atoms with Crippen molar-refractivity contribution >= 4 is 49.9 Å². The lowest BCUT2D eigenvalue weighted by Crippen LogP contribution is -2.40. The number of ether oxygens (including phenoxy) is 1. The van der Waals surface area contributed by atoms with Gasteiger partial charge in [-0.05, 0) is 11.6 Å². The Hall–Kier alpha value is -1.27. The lowest BCUT2D eigenvalue weighted by Gasteiger charge is -2.27. The Morgan fingerprint density at radius 3 is 2.92 bits per heavy atom. The van der Waals surface area contributed by atoms with Crippen molar-refractivity contribution in [1.82, 2.24) is 19.5 Å². The highest BCUT2D eigenvalue weighted by Gasteiger charge is 2.57. The SMILES string of the molecule is [B][P+]1(O)OC[C@H]2O[C@@H](n3c(NC)nc4c(N)nc(Cl)nc43)C(O)[C@H]2O1. The number of nitrogens with zero attached hydrogens (tertiary/aromatic N) is 4. The second kappa shape index (κ2) is 5.88. The smallest absolute Gasteiger partial charge is 0.385 e. The molecule has 0 amide bonds. The molecular weight excluding hydrogens is 373 g/mol. The molecule has 132 valence electrons. The molecule has 2 aromatic heterocycles. The fourth-order valence-electron chi connectivity index (χ4n) is 2.97. The minimum absolute atomic E-state index is 0.0155. The van der Waals surface area contributed by atoms with Crippen molar-refractivity contribution in [2.45, 2.75) is 24.5 Å². The van der Waals surface area contributed by atoms with Gasteiger partial charge in [-0.3, -0.25) is 4.57 Å². The normalized spacial score (nSPS) is 35.0. The number of aliphatic hydroxyl groups is 1. The highest BCUT2D eigenvalue weighted by atomic mass is 35.5. The molecule has 11 nitrogen and oxygen atoms in total. The molecule has 0 bridgehead atoms. The lowest BCUT2D eigenvalue weighted by atomic mass is 10.1. The molecule has 2 aromatic rings. The number of rotatable bonds is 2. The average Bonchev–Trinajstić information content (AvgIpc) is 3.05. The van der Waals surface area contributed by atoms with E-state index in [1.165, 1.54) is 4.57 Å². The van der Waals surface area contributed by atoms with Gasteiger partial charge in [0.05, 0.1) is 0 Å². The predicted molar refractivity (Wildman–Crippen MR) is 89.9 cm³/mol. The Balaban J connectivity index is 1.80. The summed E-state index contributed by atoms with van der Waals surface area (Å²) in [5.74, 6) is 0.427. The van der Waals surface area contributed by atoms with E-state index in [-0.39, 0.29) is 23.4 Å². The van der Waals surface area contributed by atoms with Gasteiger partial charge in [-0.25, -0.2) is 9.88 Å². The van der Waals surface area contributed by atoms with Crippen molar-refractivity contribution in [3.63, 3.8) is 0 Å². The maximum Gasteiger partial charge on any atom is 0.488 e. The van der Waals surface area contributed by atoms with Crippen molar-refractivity contribution in [1.29, 1.82) is 0 Å². The first kappa shape index (κ1) is 17.2. The van der Waals surface area contributed by atoms with Crippen molar-refractivity contribution in [3.8, 4) is 0 Å². The number of anilines is 2. The summed E-state index contributed by atoms with van der Waals surface area (Å²) in [5.41, 5.74) is 6.43. The van der Waals surface area contributed by atoms with Crippen LogP contribution in [0, 0.1) is 0 Å². The fourth-order valence-corrected chi connectivity index (χ4v) is 4.17. The molecule has 2 aliphatic heterocycles. The molecule has 2 saturated heterocycles. The topological polar surface area (TPSA) is 150 Å². The number of hydrogen-bond donors (Lipinski definition) is 4. The number of aliphatic hydroxyl groups excluding tert-OH is 1. The largest absolute Gasteiger partial charge is 0.488 e. The third-order valence-electron chi connectivity index (χ3n) is 4.02. The number of imidazole rings is 1. The maximum atomic E-state index is 10.7. The number of aromatic nitrogens is 4. The molecule has 0 aliphatic carbocycles. The molecule has 5 N–H and O–H groups in total. The second-order valence-corrected chi connectivity index (χ2v) is 7.53. The van der Waals surface area contributed by atoms with Crippen molar-refractivity contribution in [3.05, 3.63) is 5.28 Å². The van der Waals surface area contributed by atoms with Crippen LogP contribution in [0.3, 0.4) is 0 Å². The highest BCUT2D eigenvalue weighted by Crippen LogP contribution is 2.58. The van der Waals surface area contributed by atoms with Gasteiger partial charge in [-0.1, -0.05) is 0 Å². The molecule has 0 saturated carbocycles. The first-order chi connectivity index (χ1) is 11.8. The molecule has 2 radical (unpaired) electrons. The summed E-state index contributed by atoms with van der Waals surface area (Å²) < 4.78 is 17.7. The van der Waals surface area contributed by atoms with Crippen LogP contribution in [-0.4, -0.2) is 69.1 Å². The van der Waals surface area contributed by atoms with E-state index in [0.29, 0.717) is 11.5 Å². The van der Waals surface area contributed by atoms with E-state index in [1.807, 2.05) is 0 Å². The van der Waals surface area contributed by atoms with E-state index < -0.39 is 32.4 Å². The Morgan fingerprint density at radius 2 is 2.20 bits per heavy atom. The van der Waals surface area contributed by atoms with E-state index in [9.17, 15) is 10.00 Å². The maximum absolute atomic E-state index is 10.7. The van der Waals surface area contributed by atoms with Gasteiger partial charge in [0.2, 0.25) is 11.2 Å². The molecule has 5 atom stereocenters. The molecule has 4 rings (SSSR count). The Bertz CT molecular complexity index is 839. The van der Waals surface area contributed by atoms with Gasteiger partial charge in [-0.2, -0.15) is 19.0 Å². The minimum atomic E-state index is -3.48. The summed E-state index contributed by atoms with van der Waals surface area (Å²) in [5, 5.41) is 13.5. The lowest BCUT2D eigenvalue weighted by molar-refractivity contribution is -0.0597. The van der Waals surface area contributed by atoms with E-state index in [1.54, 1.807) is 7.05 Å². The van der Waals surface area contributed by atoms with Gasteiger partial charge in [0.15, 0.2) is 29.3 Å². The van der Waals surface area contributed by atoms with Crippen molar-refractivity contribution in [2.24, 2.45) is 0 Å². The molecule has 4 heterocycles. The quantitative estimate of drug-likeness (QED) is 0.305. The zero-order chi connectivity index (χ0) is 17.9. The Labute approximate surface area is 148 Å². The number of nitrogens with two attached hydrogens (primary N) is 1. The molecular formula is C11H14BClN6O5P+. The molecule has 0 aromatic carbocycles. The van der Waals surface area contributed by atoms with Crippen LogP contribution in [0.1, 0.15) is 6.23 Å². The van der Waals surface area contributed by atoms with Crippen LogP contribution in [0.5, 0.6) is 0 Å².